The van der Waals surface area contributed by atoms with E-state index < -0.39 is 37.7 Å². The molecular formula is C22H28F4OSi. The minimum absolute atomic E-state index is 0.435. The van der Waals surface area contributed by atoms with Crippen LogP contribution in [0.3, 0.4) is 0 Å². The zero-order valence-corrected chi connectivity index (χ0v) is 17.7. The Morgan fingerprint density at radius 2 is 1.21 bits per heavy atom. The SMILES string of the molecule is CC[Si](CC)(CC)OC(CCCc1cc(F)cc(F)c1)c1cc(F)cc(F)c1. The van der Waals surface area contributed by atoms with Crippen LogP contribution in [-0.4, -0.2) is 8.32 Å². The van der Waals surface area contributed by atoms with E-state index in [4.69, 9.17) is 4.43 Å². The fourth-order valence-corrected chi connectivity index (χ4v) is 6.46. The third-order valence-corrected chi connectivity index (χ3v) is 10.1. The lowest BCUT2D eigenvalue weighted by Crippen LogP contribution is -2.37. The van der Waals surface area contributed by atoms with E-state index in [1.807, 2.05) is 0 Å². The van der Waals surface area contributed by atoms with Crippen molar-refractivity contribution in [2.24, 2.45) is 0 Å². The molecule has 28 heavy (non-hydrogen) atoms. The van der Waals surface area contributed by atoms with Gasteiger partial charge in [0.05, 0.1) is 6.10 Å². The van der Waals surface area contributed by atoms with Crippen molar-refractivity contribution in [2.45, 2.75) is 64.3 Å². The number of aryl methyl sites for hydroxylation is 1. The van der Waals surface area contributed by atoms with Crippen LogP contribution in [0.2, 0.25) is 18.1 Å². The van der Waals surface area contributed by atoms with Crippen molar-refractivity contribution in [3.63, 3.8) is 0 Å². The van der Waals surface area contributed by atoms with Crippen LogP contribution in [0, 0.1) is 23.3 Å². The van der Waals surface area contributed by atoms with Gasteiger partial charge in [-0.05, 0) is 72.8 Å². The number of hydrogen-bond acceptors (Lipinski definition) is 1. The Bertz CT molecular complexity index is 728. The summed E-state index contributed by atoms with van der Waals surface area (Å²) >= 11 is 0. The molecule has 0 aliphatic carbocycles. The van der Waals surface area contributed by atoms with Gasteiger partial charge in [-0.2, -0.15) is 0 Å². The molecule has 0 spiro atoms. The molecule has 0 saturated heterocycles. The summed E-state index contributed by atoms with van der Waals surface area (Å²) in [5.41, 5.74) is 1.04. The molecule has 0 radical (unpaired) electrons. The number of hydrogen-bond donors (Lipinski definition) is 0. The van der Waals surface area contributed by atoms with Crippen LogP contribution in [0.5, 0.6) is 0 Å². The first-order valence-corrected chi connectivity index (χ1v) is 12.4. The smallest absolute Gasteiger partial charge is 0.192 e. The fraction of sp³-hybridized carbons (Fsp3) is 0.455. The Morgan fingerprint density at radius 3 is 1.68 bits per heavy atom. The van der Waals surface area contributed by atoms with Gasteiger partial charge in [0.15, 0.2) is 8.32 Å². The van der Waals surface area contributed by atoms with E-state index in [9.17, 15) is 17.6 Å². The largest absolute Gasteiger partial charge is 0.410 e. The molecule has 0 N–H and O–H groups in total. The lowest BCUT2D eigenvalue weighted by molar-refractivity contribution is 0.175. The third-order valence-electron chi connectivity index (χ3n) is 5.44. The second-order valence-electron chi connectivity index (χ2n) is 7.22. The van der Waals surface area contributed by atoms with E-state index >= 15 is 0 Å². The Hall–Kier alpha value is -1.66. The molecule has 154 valence electrons. The molecule has 6 heteroatoms. The minimum Gasteiger partial charge on any atom is -0.410 e. The molecule has 2 aromatic carbocycles. The quantitative estimate of drug-likeness (QED) is 0.293. The fourth-order valence-electron chi connectivity index (χ4n) is 3.60. The van der Waals surface area contributed by atoms with Crippen LogP contribution in [0.15, 0.2) is 36.4 Å². The van der Waals surface area contributed by atoms with Crippen LogP contribution in [0.25, 0.3) is 0 Å². The van der Waals surface area contributed by atoms with Crippen molar-refractivity contribution >= 4 is 8.32 Å². The molecule has 2 rings (SSSR count). The predicted molar refractivity (Wildman–Crippen MR) is 107 cm³/mol. The second kappa shape index (κ2) is 10.2. The van der Waals surface area contributed by atoms with E-state index in [2.05, 4.69) is 20.8 Å². The van der Waals surface area contributed by atoms with Crippen molar-refractivity contribution in [2.75, 3.05) is 0 Å². The monoisotopic (exact) mass is 412 g/mol. The maximum Gasteiger partial charge on any atom is 0.192 e. The van der Waals surface area contributed by atoms with Crippen LogP contribution >= 0.6 is 0 Å². The van der Waals surface area contributed by atoms with E-state index in [0.717, 1.165) is 30.3 Å². The molecule has 0 fully saturated rings. The van der Waals surface area contributed by atoms with Crippen molar-refractivity contribution in [1.82, 2.24) is 0 Å². The van der Waals surface area contributed by atoms with Gasteiger partial charge in [-0.15, -0.1) is 0 Å². The van der Waals surface area contributed by atoms with Gasteiger partial charge in [0.2, 0.25) is 0 Å². The average Bonchev–Trinajstić information content (AvgIpc) is 2.63. The van der Waals surface area contributed by atoms with E-state index in [1.54, 1.807) is 0 Å². The first-order chi connectivity index (χ1) is 13.3. The van der Waals surface area contributed by atoms with Crippen LogP contribution < -0.4 is 0 Å². The summed E-state index contributed by atoms with van der Waals surface area (Å²) in [6, 6.07) is 9.70. The molecule has 1 nitrogen and oxygen atoms in total. The van der Waals surface area contributed by atoms with Gasteiger partial charge in [0.25, 0.3) is 0 Å². The molecule has 0 bridgehead atoms. The zero-order chi connectivity index (χ0) is 20.7. The minimum atomic E-state index is -2.01. The predicted octanol–water partition coefficient (Wildman–Crippen LogP) is 7.33. The van der Waals surface area contributed by atoms with E-state index in [-0.39, 0.29) is 0 Å². The number of benzene rings is 2. The van der Waals surface area contributed by atoms with E-state index in [0.29, 0.717) is 30.4 Å². The normalized spacial score (nSPS) is 13.0. The van der Waals surface area contributed by atoms with E-state index in [1.165, 1.54) is 24.3 Å². The average molecular weight is 413 g/mol. The summed E-state index contributed by atoms with van der Waals surface area (Å²) in [7, 11) is -2.01. The van der Waals surface area contributed by atoms with Gasteiger partial charge >= 0.3 is 0 Å². The topological polar surface area (TPSA) is 9.23 Å². The summed E-state index contributed by atoms with van der Waals surface area (Å²) in [6.45, 7) is 6.29. The maximum absolute atomic E-state index is 13.8. The van der Waals surface area contributed by atoms with Crippen LogP contribution in [0.1, 0.15) is 50.8 Å². The molecule has 0 amide bonds. The van der Waals surface area contributed by atoms with Crippen molar-refractivity contribution in [1.29, 1.82) is 0 Å². The molecule has 0 heterocycles. The van der Waals surface area contributed by atoms with Crippen LogP contribution in [0.4, 0.5) is 17.6 Å². The van der Waals surface area contributed by atoms with Gasteiger partial charge < -0.3 is 4.43 Å². The van der Waals surface area contributed by atoms with Gasteiger partial charge in [0, 0.05) is 12.1 Å². The van der Waals surface area contributed by atoms with Crippen LogP contribution in [-0.2, 0) is 10.8 Å². The van der Waals surface area contributed by atoms with Gasteiger partial charge in [-0.25, -0.2) is 17.6 Å². The Kier molecular flexibility index (Phi) is 8.25. The molecule has 0 aliphatic heterocycles. The summed E-state index contributed by atoms with van der Waals surface area (Å²) in [4.78, 5) is 0. The lowest BCUT2D eigenvalue weighted by atomic mass is 10.0. The zero-order valence-electron chi connectivity index (χ0n) is 16.7. The maximum atomic E-state index is 13.8. The Labute approximate surface area is 165 Å². The molecule has 0 aromatic heterocycles. The summed E-state index contributed by atoms with van der Waals surface area (Å²) < 4.78 is 60.8. The highest BCUT2D eigenvalue weighted by Crippen LogP contribution is 2.33. The molecular weight excluding hydrogens is 384 g/mol. The first kappa shape index (κ1) is 22.6. The van der Waals surface area contributed by atoms with Crippen molar-refractivity contribution in [3.8, 4) is 0 Å². The Morgan fingerprint density at radius 1 is 0.750 bits per heavy atom. The number of rotatable bonds is 10. The summed E-state index contributed by atoms with van der Waals surface area (Å²) in [5.74, 6) is -2.48. The number of halogens is 4. The summed E-state index contributed by atoms with van der Waals surface area (Å²) in [5, 5.41) is 0. The summed E-state index contributed by atoms with van der Waals surface area (Å²) in [6.07, 6.45) is 1.14. The molecule has 0 aliphatic rings. The highest BCUT2D eigenvalue weighted by atomic mass is 28.4. The van der Waals surface area contributed by atoms with Crippen molar-refractivity contribution in [3.05, 3.63) is 70.8 Å². The first-order valence-electron chi connectivity index (χ1n) is 9.89. The second-order valence-corrected chi connectivity index (χ2v) is 11.9. The van der Waals surface area contributed by atoms with Gasteiger partial charge in [-0.1, -0.05) is 20.8 Å². The van der Waals surface area contributed by atoms with Gasteiger partial charge in [0.1, 0.15) is 23.3 Å². The molecule has 2 aromatic rings. The molecule has 1 atom stereocenters. The highest BCUT2D eigenvalue weighted by Gasteiger charge is 2.32. The highest BCUT2D eigenvalue weighted by molar-refractivity contribution is 6.73. The van der Waals surface area contributed by atoms with Gasteiger partial charge in [-0.3, -0.25) is 0 Å². The third kappa shape index (κ3) is 6.17. The lowest BCUT2D eigenvalue weighted by Gasteiger charge is -2.33. The molecule has 0 saturated carbocycles. The Balaban J connectivity index is 2.19. The standard InChI is InChI=1S/C22H28F4OSi/c1-4-28(5-2,6-3)27-22(17-12-20(25)15-21(26)13-17)9-7-8-16-10-18(23)14-19(24)11-16/h10-15,22H,4-9H2,1-3H3. The molecule has 1 unspecified atom stereocenters. The van der Waals surface area contributed by atoms with Crippen molar-refractivity contribution < 1.29 is 22.0 Å².